The zero-order chi connectivity index (χ0) is 23.2. The predicted molar refractivity (Wildman–Crippen MR) is 120 cm³/mol. The maximum atomic E-state index is 12.7. The molecule has 0 saturated carbocycles. The Kier molecular flexibility index (Phi) is 13.4. The molecule has 4 N–H and O–H groups in total. The first-order valence-corrected chi connectivity index (χ1v) is 11.9. The second-order valence-corrected chi connectivity index (χ2v) is 9.00. The molecule has 0 unspecified atom stereocenters. The monoisotopic (exact) mass is 441 g/mol. The van der Waals surface area contributed by atoms with E-state index >= 15 is 0 Å². The summed E-state index contributed by atoms with van der Waals surface area (Å²) in [6.45, 7) is 8.69. The lowest BCUT2D eigenvalue weighted by Crippen LogP contribution is -2.52. The molecule has 0 aromatic rings. The predicted octanol–water partition coefficient (Wildman–Crippen LogP) is 1.90. The molecule has 8 nitrogen and oxygen atoms in total. The molecule has 1 fully saturated rings. The van der Waals surface area contributed by atoms with E-state index < -0.39 is 18.2 Å². The number of amides is 3. The number of rotatable bonds is 7. The van der Waals surface area contributed by atoms with Crippen molar-refractivity contribution in [2.75, 3.05) is 19.8 Å². The lowest BCUT2D eigenvalue weighted by molar-refractivity contribution is -0.132. The molecule has 0 aromatic heterocycles. The Labute approximate surface area is 187 Å². The topological polar surface area (TPSA) is 117 Å². The zero-order valence-electron chi connectivity index (χ0n) is 19.7. The molecule has 31 heavy (non-hydrogen) atoms. The van der Waals surface area contributed by atoms with Crippen molar-refractivity contribution in [1.82, 2.24) is 16.0 Å². The molecule has 3 amide bonds. The van der Waals surface area contributed by atoms with Gasteiger partial charge in [-0.3, -0.25) is 14.4 Å². The maximum absolute atomic E-state index is 12.7. The normalized spacial score (nSPS) is 26.5. The van der Waals surface area contributed by atoms with E-state index in [4.69, 9.17) is 4.74 Å². The number of carbonyl (C=O) groups is 3. The molecular weight excluding hydrogens is 398 g/mol. The largest absolute Gasteiger partial charge is 0.391 e. The molecule has 5 atom stereocenters. The molecular formula is C23H43N3O5. The Hall–Kier alpha value is -1.67. The van der Waals surface area contributed by atoms with Crippen molar-refractivity contribution in [2.45, 2.75) is 97.2 Å². The summed E-state index contributed by atoms with van der Waals surface area (Å²) >= 11 is 0. The summed E-state index contributed by atoms with van der Waals surface area (Å²) in [6, 6.07) is -1.21. The van der Waals surface area contributed by atoms with Crippen molar-refractivity contribution < 1.29 is 24.2 Å². The third kappa shape index (κ3) is 11.5. The highest BCUT2D eigenvalue weighted by Gasteiger charge is 2.29. The highest BCUT2D eigenvalue weighted by atomic mass is 16.5. The van der Waals surface area contributed by atoms with Crippen molar-refractivity contribution >= 4 is 17.7 Å². The summed E-state index contributed by atoms with van der Waals surface area (Å²) in [4.78, 5) is 36.9. The molecule has 1 heterocycles. The fourth-order valence-corrected chi connectivity index (χ4v) is 3.75. The van der Waals surface area contributed by atoms with E-state index in [0.29, 0.717) is 25.5 Å². The number of unbranched alkanes of at least 4 members (excludes halogenated alkanes) is 1. The summed E-state index contributed by atoms with van der Waals surface area (Å²) in [6.07, 6.45) is 5.88. The third-order valence-electron chi connectivity index (χ3n) is 5.81. The van der Waals surface area contributed by atoms with Crippen LogP contribution in [-0.4, -0.2) is 60.8 Å². The van der Waals surface area contributed by atoms with Crippen LogP contribution in [-0.2, 0) is 19.1 Å². The number of carbonyl (C=O) groups excluding carboxylic acids is 3. The zero-order valence-corrected chi connectivity index (χ0v) is 19.7. The SMILES string of the molecule is CCCCNC(=O)[C@H](C)C[C@H](O)[C@@H]1C[C@H](C)CCCCCOCC(=O)N[C@@H](C)C(=O)N1. The number of hydrogen-bond donors (Lipinski definition) is 4. The van der Waals surface area contributed by atoms with Gasteiger partial charge < -0.3 is 25.8 Å². The highest BCUT2D eigenvalue weighted by Crippen LogP contribution is 2.20. The van der Waals surface area contributed by atoms with Crippen LogP contribution in [0, 0.1) is 11.8 Å². The Morgan fingerprint density at radius 2 is 1.97 bits per heavy atom. The van der Waals surface area contributed by atoms with Crippen LogP contribution in [0.25, 0.3) is 0 Å². The average Bonchev–Trinajstić information content (AvgIpc) is 2.72. The van der Waals surface area contributed by atoms with Gasteiger partial charge in [0.05, 0.1) is 12.1 Å². The quantitative estimate of drug-likeness (QED) is 0.450. The first-order chi connectivity index (χ1) is 14.7. The number of aliphatic hydroxyl groups excluding tert-OH is 1. The minimum absolute atomic E-state index is 0.0647. The molecule has 0 aliphatic carbocycles. The van der Waals surface area contributed by atoms with E-state index in [2.05, 4.69) is 29.8 Å². The van der Waals surface area contributed by atoms with Gasteiger partial charge in [0.15, 0.2) is 0 Å². The van der Waals surface area contributed by atoms with Crippen molar-refractivity contribution in [3.8, 4) is 0 Å². The Bertz CT molecular complexity index is 557. The Balaban J connectivity index is 2.78. The van der Waals surface area contributed by atoms with Gasteiger partial charge in [-0.25, -0.2) is 0 Å². The molecule has 1 aliphatic heterocycles. The van der Waals surface area contributed by atoms with Crippen LogP contribution in [0.1, 0.15) is 79.1 Å². The molecule has 8 heteroatoms. The first kappa shape index (κ1) is 27.4. The fraction of sp³-hybridized carbons (Fsp3) is 0.870. The van der Waals surface area contributed by atoms with Crippen LogP contribution < -0.4 is 16.0 Å². The van der Waals surface area contributed by atoms with E-state index in [1.165, 1.54) is 0 Å². The van der Waals surface area contributed by atoms with E-state index in [1.54, 1.807) is 13.8 Å². The smallest absolute Gasteiger partial charge is 0.246 e. The second-order valence-electron chi connectivity index (χ2n) is 9.00. The molecule has 1 rings (SSSR count). The Morgan fingerprint density at radius 3 is 2.68 bits per heavy atom. The molecule has 0 bridgehead atoms. The molecule has 1 saturated heterocycles. The lowest BCUT2D eigenvalue weighted by atomic mass is 9.89. The van der Waals surface area contributed by atoms with Crippen LogP contribution >= 0.6 is 0 Å². The van der Waals surface area contributed by atoms with Gasteiger partial charge in [0.1, 0.15) is 12.6 Å². The number of hydrogen-bond acceptors (Lipinski definition) is 5. The van der Waals surface area contributed by atoms with Gasteiger partial charge >= 0.3 is 0 Å². The van der Waals surface area contributed by atoms with Crippen LogP contribution in [0.15, 0.2) is 0 Å². The van der Waals surface area contributed by atoms with E-state index in [0.717, 1.165) is 38.5 Å². The van der Waals surface area contributed by atoms with Gasteiger partial charge in [-0.15, -0.1) is 0 Å². The summed E-state index contributed by atoms with van der Waals surface area (Å²) in [5.74, 6) is -0.806. The van der Waals surface area contributed by atoms with Gasteiger partial charge in [0.25, 0.3) is 0 Å². The fourth-order valence-electron chi connectivity index (χ4n) is 3.75. The van der Waals surface area contributed by atoms with Crippen molar-refractivity contribution in [3.63, 3.8) is 0 Å². The molecule has 0 spiro atoms. The van der Waals surface area contributed by atoms with Crippen molar-refractivity contribution in [1.29, 1.82) is 0 Å². The summed E-state index contributed by atoms with van der Waals surface area (Å²) < 4.78 is 5.37. The van der Waals surface area contributed by atoms with Gasteiger partial charge in [-0.2, -0.15) is 0 Å². The summed E-state index contributed by atoms with van der Waals surface area (Å²) in [5, 5.41) is 19.3. The van der Waals surface area contributed by atoms with Crippen LogP contribution in [0.4, 0.5) is 0 Å². The van der Waals surface area contributed by atoms with Crippen LogP contribution in [0.5, 0.6) is 0 Å². The van der Waals surface area contributed by atoms with Crippen LogP contribution in [0.3, 0.4) is 0 Å². The minimum Gasteiger partial charge on any atom is -0.391 e. The summed E-state index contributed by atoms with van der Waals surface area (Å²) in [5.41, 5.74) is 0. The van der Waals surface area contributed by atoms with Crippen LogP contribution in [0.2, 0.25) is 0 Å². The second kappa shape index (κ2) is 15.2. The number of aliphatic hydroxyl groups is 1. The third-order valence-corrected chi connectivity index (χ3v) is 5.81. The Morgan fingerprint density at radius 1 is 1.23 bits per heavy atom. The van der Waals surface area contributed by atoms with E-state index in [-0.39, 0.29) is 36.7 Å². The van der Waals surface area contributed by atoms with Crippen molar-refractivity contribution in [3.05, 3.63) is 0 Å². The van der Waals surface area contributed by atoms with Gasteiger partial charge in [0, 0.05) is 19.1 Å². The van der Waals surface area contributed by atoms with Gasteiger partial charge in [-0.05, 0) is 38.5 Å². The maximum Gasteiger partial charge on any atom is 0.246 e. The van der Waals surface area contributed by atoms with Gasteiger partial charge in [-0.1, -0.05) is 46.5 Å². The molecule has 0 radical (unpaired) electrons. The number of nitrogens with one attached hydrogen (secondary N) is 3. The average molecular weight is 442 g/mol. The first-order valence-electron chi connectivity index (χ1n) is 11.9. The molecule has 1 aliphatic rings. The highest BCUT2D eigenvalue weighted by molar-refractivity contribution is 5.87. The van der Waals surface area contributed by atoms with Gasteiger partial charge in [0.2, 0.25) is 17.7 Å². The summed E-state index contributed by atoms with van der Waals surface area (Å²) in [7, 11) is 0. The number of ether oxygens (including phenoxy) is 1. The molecule has 180 valence electrons. The standard InChI is InChI=1S/C23H43N3O5/c1-5-6-11-24-22(29)17(3)14-20(27)19-13-16(2)10-8-7-9-12-31-15-21(28)25-18(4)23(30)26-19/h16-20,27H,5-15H2,1-4H3,(H,24,29)(H,25,28)(H,26,30)/t16-,17-,18+,19+,20+/m1/s1. The van der Waals surface area contributed by atoms with E-state index in [9.17, 15) is 19.5 Å². The lowest BCUT2D eigenvalue weighted by Gasteiger charge is -2.29. The molecule has 0 aromatic carbocycles. The minimum atomic E-state index is -0.847. The van der Waals surface area contributed by atoms with Crippen molar-refractivity contribution in [2.24, 2.45) is 11.8 Å². The van der Waals surface area contributed by atoms with E-state index in [1.807, 2.05) is 0 Å².